The van der Waals surface area contributed by atoms with Gasteiger partial charge in [-0.05, 0) is 12.5 Å². The maximum absolute atomic E-state index is 10.6. The molecule has 1 heterocycles. The minimum atomic E-state index is -0.671. The zero-order valence-corrected chi connectivity index (χ0v) is 8.81. The van der Waals surface area contributed by atoms with E-state index in [1.54, 1.807) is 0 Å². The van der Waals surface area contributed by atoms with Gasteiger partial charge in [-0.1, -0.05) is 29.8 Å². The number of rotatable bonds is 3. The van der Waals surface area contributed by atoms with Crippen molar-refractivity contribution >= 4 is 5.97 Å². The molecule has 15 heavy (non-hydrogen) atoms. The van der Waals surface area contributed by atoms with Gasteiger partial charge in [-0.25, -0.2) is 0 Å². The first-order valence-electron chi connectivity index (χ1n) is 5.16. The Labute approximate surface area is 89.3 Å². The summed E-state index contributed by atoms with van der Waals surface area (Å²) in [5.74, 6) is -0.828. The van der Waals surface area contributed by atoms with E-state index in [0.717, 1.165) is 6.54 Å². The lowest BCUT2D eigenvalue weighted by Gasteiger charge is -2.36. The van der Waals surface area contributed by atoms with Gasteiger partial charge in [0.25, 0.3) is 0 Å². The minimum absolute atomic E-state index is 0.157. The molecular weight excluding hydrogens is 190 g/mol. The second kappa shape index (κ2) is 4.03. The first kappa shape index (κ1) is 10.2. The number of aliphatic carboxylic acids is 1. The molecule has 80 valence electrons. The molecule has 3 nitrogen and oxygen atoms in total. The Morgan fingerprint density at radius 3 is 2.53 bits per heavy atom. The predicted octanol–water partition coefficient (Wildman–Crippen LogP) is 1.51. The van der Waals surface area contributed by atoms with Gasteiger partial charge in [-0.2, -0.15) is 0 Å². The quantitative estimate of drug-likeness (QED) is 0.813. The number of hydrogen-bond acceptors (Lipinski definition) is 2. The third-order valence-corrected chi connectivity index (χ3v) is 2.83. The highest BCUT2D eigenvalue weighted by Gasteiger charge is 2.31. The molecule has 3 heteroatoms. The molecule has 0 aliphatic carbocycles. The average Bonchev–Trinajstić information content (AvgIpc) is 2.13. The molecule has 0 amide bonds. The fourth-order valence-corrected chi connectivity index (χ4v) is 1.81. The second-order valence-corrected chi connectivity index (χ2v) is 4.21. The molecule has 0 bridgehead atoms. The van der Waals surface area contributed by atoms with Crippen LogP contribution in [-0.2, 0) is 11.3 Å². The van der Waals surface area contributed by atoms with E-state index in [2.05, 4.69) is 36.1 Å². The number of likely N-dealkylation sites (tertiary alicyclic amines) is 1. The Morgan fingerprint density at radius 2 is 2.00 bits per heavy atom. The van der Waals surface area contributed by atoms with Crippen molar-refractivity contribution in [2.75, 3.05) is 13.1 Å². The molecule has 0 saturated carbocycles. The number of carbonyl (C=O) groups is 1. The van der Waals surface area contributed by atoms with Crippen LogP contribution in [0.5, 0.6) is 0 Å². The Bertz CT molecular complexity index is 352. The Balaban J connectivity index is 1.85. The van der Waals surface area contributed by atoms with Gasteiger partial charge in [0, 0.05) is 19.6 Å². The highest BCUT2D eigenvalue weighted by Crippen LogP contribution is 2.18. The lowest BCUT2D eigenvalue weighted by molar-refractivity contribution is -0.147. The lowest BCUT2D eigenvalue weighted by atomic mass is 9.99. The van der Waals surface area contributed by atoms with Gasteiger partial charge in [0.2, 0.25) is 0 Å². The molecule has 1 fully saturated rings. The van der Waals surface area contributed by atoms with Gasteiger partial charge in [0.15, 0.2) is 0 Å². The van der Waals surface area contributed by atoms with Crippen molar-refractivity contribution < 1.29 is 9.90 Å². The molecular formula is C12H15NO2. The van der Waals surface area contributed by atoms with Crippen LogP contribution in [0.25, 0.3) is 0 Å². The average molecular weight is 205 g/mol. The van der Waals surface area contributed by atoms with Crippen molar-refractivity contribution in [1.82, 2.24) is 4.90 Å². The normalized spacial score (nSPS) is 17.4. The van der Waals surface area contributed by atoms with Crippen LogP contribution < -0.4 is 0 Å². The molecule has 1 aliphatic heterocycles. The lowest BCUT2D eigenvalue weighted by Crippen LogP contribution is -2.49. The summed E-state index contributed by atoms with van der Waals surface area (Å²) in [5.41, 5.74) is 2.51. The molecule has 1 aromatic carbocycles. The molecule has 1 aliphatic rings. The van der Waals surface area contributed by atoms with E-state index < -0.39 is 5.97 Å². The summed E-state index contributed by atoms with van der Waals surface area (Å²) in [6.07, 6.45) is 0. The fraction of sp³-hybridized carbons (Fsp3) is 0.417. The highest BCUT2D eigenvalue weighted by molar-refractivity contribution is 5.71. The van der Waals surface area contributed by atoms with Gasteiger partial charge in [-0.15, -0.1) is 0 Å². The summed E-state index contributed by atoms with van der Waals surface area (Å²) in [5, 5.41) is 8.73. The standard InChI is InChI=1S/C12H15NO2/c1-9-2-4-10(5-3-9)6-13-7-11(8-13)12(14)15/h2-5,11H,6-8H2,1H3,(H,14,15). The number of hydrogen-bond donors (Lipinski definition) is 1. The molecule has 2 rings (SSSR count). The van der Waals surface area contributed by atoms with Crippen LogP contribution in [0.2, 0.25) is 0 Å². The summed E-state index contributed by atoms with van der Waals surface area (Å²) >= 11 is 0. The molecule has 0 spiro atoms. The van der Waals surface area contributed by atoms with Crippen LogP contribution in [0.3, 0.4) is 0 Å². The zero-order valence-electron chi connectivity index (χ0n) is 8.81. The van der Waals surface area contributed by atoms with Gasteiger partial charge >= 0.3 is 5.97 Å². The van der Waals surface area contributed by atoms with Crippen LogP contribution in [-0.4, -0.2) is 29.1 Å². The summed E-state index contributed by atoms with van der Waals surface area (Å²) in [7, 11) is 0. The zero-order chi connectivity index (χ0) is 10.8. The fourth-order valence-electron chi connectivity index (χ4n) is 1.81. The third kappa shape index (κ3) is 2.36. The molecule has 0 radical (unpaired) electrons. The van der Waals surface area contributed by atoms with Crippen molar-refractivity contribution in [3.63, 3.8) is 0 Å². The molecule has 0 atom stereocenters. The van der Waals surface area contributed by atoms with Crippen molar-refractivity contribution in [2.45, 2.75) is 13.5 Å². The summed E-state index contributed by atoms with van der Waals surface area (Å²) in [6, 6.07) is 8.38. The molecule has 1 N–H and O–H groups in total. The van der Waals surface area contributed by atoms with Gasteiger partial charge in [0.05, 0.1) is 5.92 Å². The van der Waals surface area contributed by atoms with Crippen LogP contribution >= 0.6 is 0 Å². The Morgan fingerprint density at radius 1 is 1.40 bits per heavy atom. The minimum Gasteiger partial charge on any atom is -0.481 e. The van der Waals surface area contributed by atoms with Crippen LogP contribution in [0, 0.1) is 12.8 Å². The van der Waals surface area contributed by atoms with Crippen molar-refractivity contribution in [2.24, 2.45) is 5.92 Å². The SMILES string of the molecule is Cc1ccc(CN2CC(C(=O)O)C2)cc1. The van der Waals surface area contributed by atoms with E-state index >= 15 is 0 Å². The summed E-state index contributed by atoms with van der Waals surface area (Å²) in [4.78, 5) is 12.8. The van der Waals surface area contributed by atoms with E-state index in [0.29, 0.717) is 13.1 Å². The monoisotopic (exact) mass is 205 g/mol. The smallest absolute Gasteiger partial charge is 0.309 e. The number of carboxylic acids is 1. The maximum Gasteiger partial charge on any atom is 0.309 e. The molecule has 1 saturated heterocycles. The van der Waals surface area contributed by atoms with Gasteiger partial charge in [0.1, 0.15) is 0 Å². The molecule has 1 aromatic rings. The van der Waals surface area contributed by atoms with E-state index in [-0.39, 0.29) is 5.92 Å². The van der Waals surface area contributed by atoms with Crippen LogP contribution in [0.1, 0.15) is 11.1 Å². The number of carboxylic acid groups (broad SMARTS) is 1. The predicted molar refractivity (Wildman–Crippen MR) is 57.6 cm³/mol. The first-order chi connectivity index (χ1) is 7.15. The van der Waals surface area contributed by atoms with E-state index in [9.17, 15) is 4.79 Å². The van der Waals surface area contributed by atoms with Crippen LogP contribution in [0.15, 0.2) is 24.3 Å². The van der Waals surface area contributed by atoms with E-state index in [1.165, 1.54) is 11.1 Å². The summed E-state index contributed by atoms with van der Waals surface area (Å²) < 4.78 is 0. The number of nitrogens with zero attached hydrogens (tertiary/aromatic N) is 1. The summed E-state index contributed by atoms with van der Waals surface area (Å²) in [6.45, 7) is 4.30. The number of benzene rings is 1. The van der Waals surface area contributed by atoms with E-state index in [4.69, 9.17) is 5.11 Å². The van der Waals surface area contributed by atoms with Gasteiger partial charge < -0.3 is 5.11 Å². The van der Waals surface area contributed by atoms with Gasteiger partial charge in [-0.3, -0.25) is 9.69 Å². The van der Waals surface area contributed by atoms with Crippen molar-refractivity contribution in [1.29, 1.82) is 0 Å². The van der Waals surface area contributed by atoms with Crippen molar-refractivity contribution in [3.05, 3.63) is 35.4 Å². The topological polar surface area (TPSA) is 40.5 Å². The largest absolute Gasteiger partial charge is 0.481 e. The van der Waals surface area contributed by atoms with E-state index in [1.807, 2.05) is 0 Å². The maximum atomic E-state index is 10.6. The Kier molecular flexibility index (Phi) is 2.73. The van der Waals surface area contributed by atoms with Crippen LogP contribution in [0.4, 0.5) is 0 Å². The van der Waals surface area contributed by atoms with Crippen molar-refractivity contribution in [3.8, 4) is 0 Å². The first-order valence-corrected chi connectivity index (χ1v) is 5.16. The highest BCUT2D eigenvalue weighted by atomic mass is 16.4. The second-order valence-electron chi connectivity index (χ2n) is 4.21. The Hall–Kier alpha value is -1.35. The molecule has 0 unspecified atom stereocenters. The third-order valence-electron chi connectivity index (χ3n) is 2.83. The molecule has 0 aromatic heterocycles. The number of aryl methyl sites for hydroxylation is 1.